The molecule has 0 aromatic heterocycles. The summed E-state index contributed by atoms with van der Waals surface area (Å²) in [6, 6.07) is 16.5. The molecule has 1 amide bonds. The van der Waals surface area contributed by atoms with Crippen molar-refractivity contribution < 1.29 is 15.1 Å². The predicted octanol–water partition coefficient (Wildman–Crippen LogP) is 3.02. The Bertz CT molecular complexity index is 724. The van der Waals surface area contributed by atoms with Crippen molar-refractivity contribution in [3.05, 3.63) is 70.2 Å². The van der Waals surface area contributed by atoms with Crippen LogP contribution >= 0.6 is 15.9 Å². The number of amides is 1. The number of rotatable bonds is 6. The van der Waals surface area contributed by atoms with Gasteiger partial charge in [-0.05, 0) is 29.7 Å². The van der Waals surface area contributed by atoms with Crippen molar-refractivity contribution in [3.8, 4) is 0 Å². The Morgan fingerprint density at radius 1 is 1.19 bits per heavy atom. The number of hydrogen-bond acceptors (Lipinski definition) is 4. The second-order valence-corrected chi connectivity index (χ2v) is 7.59. The van der Waals surface area contributed by atoms with E-state index in [2.05, 4.69) is 20.8 Å². The molecule has 1 aliphatic rings. The Hall–Kier alpha value is -1.73. The normalized spacial score (nSPS) is 18.7. The van der Waals surface area contributed by atoms with Crippen molar-refractivity contribution in [2.75, 3.05) is 19.6 Å². The highest BCUT2D eigenvalue weighted by Crippen LogP contribution is 2.24. The first-order chi connectivity index (χ1) is 12.5. The summed E-state index contributed by atoms with van der Waals surface area (Å²) in [6.45, 7) is 1.82. The lowest BCUT2D eigenvalue weighted by molar-refractivity contribution is -0.177. The summed E-state index contributed by atoms with van der Waals surface area (Å²) in [4.78, 5) is 14.7. The highest BCUT2D eigenvalue weighted by Gasteiger charge is 2.29. The zero-order chi connectivity index (χ0) is 18.5. The molecule has 2 unspecified atom stereocenters. The van der Waals surface area contributed by atoms with Gasteiger partial charge in [0.05, 0.1) is 18.6 Å². The molecule has 2 atom stereocenters. The lowest BCUT2D eigenvalue weighted by Crippen LogP contribution is -2.40. The zero-order valence-electron chi connectivity index (χ0n) is 14.5. The van der Waals surface area contributed by atoms with Crippen LogP contribution in [0, 0.1) is 0 Å². The van der Waals surface area contributed by atoms with Crippen LogP contribution in [-0.4, -0.2) is 51.9 Å². The SMILES string of the molecule is O=C(Cc1ccc(Br)cc1)N(O)C(CN1CCC(O)C1)c1ccccc1. The second-order valence-electron chi connectivity index (χ2n) is 6.67. The molecule has 2 N–H and O–H groups in total. The molecule has 0 radical (unpaired) electrons. The molecule has 6 heteroatoms. The zero-order valence-corrected chi connectivity index (χ0v) is 16.0. The molecule has 1 fully saturated rings. The molecule has 1 saturated heterocycles. The van der Waals surface area contributed by atoms with Crippen LogP contribution in [0.2, 0.25) is 0 Å². The molecular weight excluding hydrogens is 396 g/mol. The van der Waals surface area contributed by atoms with Gasteiger partial charge in [-0.3, -0.25) is 14.9 Å². The van der Waals surface area contributed by atoms with E-state index < -0.39 is 6.04 Å². The summed E-state index contributed by atoms with van der Waals surface area (Å²) in [5, 5.41) is 21.3. The van der Waals surface area contributed by atoms with Crippen LogP contribution in [0.25, 0.3) is 0 Å². The van der Waals surface area contributed by atoms with E-state index in [1.165, 1.54) is 0 Å². The Morgan fingerprint density at radius 2 is 1.88 bits per heavy atom. The van der Waals surface area contributed by atoms with E-state index >= 15 is 0 Å². The molecule has 3 rings (SSSR count). The molecule has 0 saturated carbocycles. The Balaban J connectivity index is 1.74. The van der Waals surface area contributed by atoms with Crippen LogP contribution in [-0.2, 0) is 11.2 Å². The van der Waals surface area contributed by atoms with Gasteiger partial charge in [0, 0.05) is 24.1 Å². The molecule has 1 aliphatic heterocycles. The van der Waals surface area contributed by atoms with Crippen LogP contribution in [0.3, 0.4) is 0 Å². The minimum absolute atomic E-state index is 0.135. The molecule has 26 heavy (non-hydrogen) atoms. The Morgan fingerprint density at radius 3 is 2.50 bits per heavy atom. The van der Waals surface area contributed by atoms with Crippen molar-refractivity contribution in [3.63, 3.8) is 0 Å². The minimum atomic E-state index is -0.468. The molecule has 0 bridgehead atoms. The number of hydrogen-bond donors (Lipinski definition) is 2. The first-order valence-corrected chi connectivity index (χ1v) is 9.53. The summed E-state index contributed by atoms with van der Waals surface area (Å²) in [5.74, 6) is -0.346. The van der Waals surface area contributed by atoms with Crippen LogP contribution in [0.5, 0.6) is 0 Å². The summed E-state index contributed by atoms with van der Waals surface area (Å²) >= 11 is 3.38. The minimum Gasteiger partial charge on any atom is -0.392 e. The number of hydroxylamine groups is 2. The summed E-state index contributed by atoms with van der Waals surface area (Å²) in [7, 11) is 0. The number of aliphatic hydroxyl groups excluding tert-OH is 1. The Kier molecular flexibility index (Phi) is 6.43. The molecule has 138 valence electrons. The van der Waals surface area contributed by atoms with E-state index in [0.717, 1.165) is 33.6 Å². The summed E-state index contributed by atoms with van der Waals surface area (Å²) in [6.07, 6.45) is 0.521. The van der Waals surface area contributed by atoms with Gasteiger partial charge in [-0.25, -0.2) is 5.06 Å². The molecule has 0 aliphatic carbocycles. The fourth-order valence-corrected chi connectivity index (χ4v) is 3.52. The van der Waals surface area contributed by atoms with Gasteiger partial charge in [0.15, 0.2) is 0 Å². The standard InChI is InChI=1S/C20H23BrN2O3/c21-17-8-6-15(7-9-17)12-20(25)23(26)19(16-4-2-1-3-5-16)14-22-11-10-18(24)13-22/h1-9,18-19,24,26H,10-14H2. The molecule has 5 nitrogen and oxygen atoms in total. The molecule has 2 aromatic rings. The number of benzene rings is 2. The maximum Gasteiger partial charge on any atom is 0.250 e. The van der Waals surface area contributed by atoms with Gasteiger partial charge in [0.2, 0.25) is 0 Å². The van der Waals surface area contributed by atoms with Crippen molar-refractivity contribution in [1.29, 1.82) is 0 Å². The lowest BCUT2D eigenvalue weighted by atomic mass is 10.0. The molecule has 2 aromatic carbocycles. The quantitative estimate of drug-likeness (QED) is 0.558. The number of nitrogens with zero attached hydrogens (tertiary/aromatic N) is 2. The average molecular weight is 419 g/mol. The second kappa shape index (κ2) is 8.77. The van der Waals surface area contributed by atoms with Crippen molar-refractivity contribution in [2.24, 2.45) is 0 Å². The first-order valence-electron chi connectivity index (χ1n) is 8.73. The maximum absolute atomic E-state index is 12.6. The van der Waals surface area contributed by atoms with Crippen molar-refractivity contribution in [1.82, 2.24) is 9.96 Å². The average Bonchev–Trinajstić information content (AvgIpc) is 3.07. The predicted molar refractivity (Wildman–Crippen MR) is 103 cm³/mol. The fourth-order valence-electron chi connectivity index (χ4n) is 3.25. The van der Waals surface area contributed by atoms with Crippen molar-refractivity contribution >= 4 is 21.8 Å². The van der Waals surface area contributed by atoms with Gasteiger partial charge in [0.1, 0.15) is 0 Å². The van der Waals surface area contributed by atoms with E-state index in [1.54, 1.807) is 0 Å². The van der Waals surface area contributed by atoms with Gasteiger partial charge in [-0.1, -0.05) is 58.4 Å². The van der Waals surface area contributed by atoms with E-state index in [-0.39, 0.29) is 18.4 Å². The lowest BCUT2D eigenvalue weighted by Gasteiger charge is -2.30. The first kappa shape index (κ1) is 19.0. The van der Waals surface area contributed by atoms with Crippen LogP contribution in [0.4, 0.5) is 0 Å². The van der Waals surface area contributed by atoms with E-state index in [4.69, 9.17) is 0 Å². The summed E-state index contributed by atoms with van der Waals surface area (Å²) in [5.41, 5.74) is 1.72. The molecule has 1 heterocycles. The van der Waals surface area contributed by atoms with E-state index in [9.17, 15) is 15.1 Å². The van der Waals surface area contributed by atoms with Gasteiger partial charge < -0.3 is 5.11 Å². The highest BCUT2D eigenvalue weighted by molar-refractivity contribution is 9.10. The number of carbonyl (C=O) groups excluding carboxylic acids is 1. The largest absolute Gasteiger partial charge is 0.392 e. The third kappa shape index (κ3) is 4.92. The number of β-amino-alcohol motifs (C(OH)–C–C–N with tert-alkyl or cyclic N) is 1. The third-order valence-corrected chi connectivity index (χ3v) is 5.21. The smallest absolute Gasteiger partial charge is 0.250 e. The monoisotopic (exact) mass is 418 g/mol. The van der Waals surface area contributed by atoms with Gasteiger partial charge in [-0.15, -0.1) is 0 Å². The molecular formula is C20H23BrN2O3. The maximum atomic E-state index is 12.6. The number of halogens is 1. The van der Waals surface area contributed by atoms with E-state index in [1.807, 2.05) is 54.6 Å². The topological polar surface area (TPSA) is 64.0 Å². The van der Waals surface area contributed by atoms with Crippen LogP contribution in [0.15, 0.2) is 59.1 Å². The third-order valence-electron chi connectivity index (χ3n) is 4.68. The number of aliphatic hydroxyl groups is 1. The van der Waals surface area contributed by atoms with Crippen LogP contribution in [0.1, 0.15) is 23.6 Å². The van der Waals surface area contributed by atoms with Crippen molar-refractivity contribution in [2.45, 2.75) is 25.0 Å². The molecule has 0 spiro atoms. The number of likely N-dealkylation sites (tertiary alicyclic amines) is 1. The fraction of sp³-hybridized carbons (Fsp3) is 0.350. The van der Waals surface area contributed by atoms with Gasteiger partial charge in [-0.2, -0.15) is 0 Å². The van der Waals surface area contributed by atoms with E-state index in [0.29, 0.717) is 13.1 Å². The highest BCUT2D eigenvalue weighted by atomic mass is 79.9. The van der Waals surface area contributed by atoms with Crippen LogP contribution < -0.4 is 0 Å². The van der Waals surface area contributed by atoms with Gasteiger partial charge >= 0.3 is 0 Å². The van der Waals surface area contributed by atoms with Gasteiger partial charge in [0.25, 0.3) is 5.91 Å². The summed E-state index contributed by atoms with van der Waals surface area (Å²) < 4.78 is 0.948. The number of carbonyl (C=O) groups is 1. The Labute approximate surface area is 161 Å².